The minimum atomic E-state index is -0.941. The lowest BCUT2D eigenvalue weighted by atomic mass is 9.67. The Morgan fingerprint density at radius 3 is 1.58 bits per heavy atom. The number of ketones is 1. The first-order valence-corrected chi connectivity index (χ1v) is 10.8. The molecule has 0 spiro atoms. The molecule has 0 bridgehead atoms. The van der Waals surface area contributed by atoms with Crippen LogP contribution in [0.1, 0.15) is 55.1 Å². The first-order valence-electron chi connectivity index (χ1n) is 10.8. The predicted octanol–water partition coefficient (Wildman–Crippen LogP) is 7.16. The van der Waals surface area contributed by atoms with Crippen molar-refractivity contribution in [3.8, 4) is 0 Å². The van der Waals surface area contributed by atoms with E-state index in [1.165, 1.54) is 0 Å². The van der Waals surface area contributed by atoms with E-state index in [9.17, 15) is 4.79 Å². The van der Waals surface area contributed by atoms with E-state index in [2.05, 4.69) is 51.6 Å². The highest BCUT2D eigenvalue weighted by atomic mass is 16.1. The number of hydrogen-bond donors (Lipinski definition) is 0. The lowest BCUT2D eigenvalue weighted by molar-refractivity contribution is 0.0736. The fourth-order valence-electron chi connectivity index (χ4n) is 3.92. The number of carbonyl (C=O) groups excluding carboxylic acids is 1. The molecule has 1 unspecified atom stereocenters. The van der Waals surface area contributed by atoms with Crippen molar-refractivity contribution in [3.05, 3.63) is 120 Å². The van der Waals surface area contributed by atoms with Gasteiger partial charge in [-0.15, -0.1) is 6.58 Å². The summed E-state index contributed by atoms with van der Waals surface area (Å²) in [4.78, 5) is 19.4. The Morgan fingerprint density at radius 1 is 0.774 bits per heavy atom. The molecule has 0 saturated heterocycles. The first-order chi connectivity index (χ1) is 14.9. The van der Waals surface area contributed by atoms with E-state index in [-0.39, 0.29) is 5.78 Å². The monoisotopic (exact) mass is 409 g/mol. The van der Waals surface area contributed by atoms with Crippen LogP contribution in [0.15, 0.2) is 109 Å². The van der Waals surface area contributed by atoms with Gasteiger partial charge < -0.3 is 0 Å². The summed E-state index contributed by atoms with van der Waals surface area (Å²) in [7, 11) is 0. The SMILES string of the molecule is C=CCCC(N=C(c1ccccc1)c1ccccc1)(C(=O)c1ccccc1)C(C)(C)C. The van der Waals surface area contributed by atoms with Crippen LogP contribution < -0.4 is 0 Å². The smallest absolute Gasteiger partial charge is 0.190 e. The van der Waals surface area contributed by atoms with E-state index < -0.39 is 11.0 Å². The number of Topliss-reactive ketones (excluding diaryl/α,β-unsaturated/α-hetero) is 1. The summed E-state index contributed by atoms with van der Waals surface area (Å²) in [5.41, 5.74) is 2.18. The molecule has 0 saturated carbocycles. The summed E-state index contributed by atoms with van der Waals surface area (Å²) in [6.45, 7) is 10.2. The third kappa shape index (κ3) is 4.91. The molecule has 3 rings (SSSR count). The largest absolute Gasteiger partial charge is 0.291 e. The Hall–Kier alpha value is -3.26. The Balaban J connectivity index is 2.31. The molecule has 3 aromatic carbocycles. The van der Waals surface area contributed by atoms with Gasteiger partial charge in [-0.25, -0.2) is 0 Å². The van der Waals surface area contributed by atoms with Gasteiger partial charge in [0, 0.05) is 16.7 Å². The van der Waals surface area contributed by atoms with Crippen LogP contribution in [0.4, 0.5) is 0 Å². The molecule has 0 N–H and O–H groups in total. The highest BCUT2D eigenvalue weighted by Gasteiger charge is 2.48. The highest BCUT2D eigenvalue weighted by Crippen LogP contribution is 2.42. The number of rotatable bonds is 8. The second-order valence-corrected chi connectivity index (χ2v) is 8.83. The average Bonchev–Trinajstić information content (AvgIpc) is 2.80. The summed E-state index contributed by atoms with van der Waals surface area (Å²) in [5, 5.41) is 0. The standard InChI is InChI=1S/C29H31NO/c1-5-6-22-29(28(2,3)4,27(31)25-20-14-9-15-21-25)30-26(23-16-10-7-11-17-23)24-18-12-8-13-19-24/h5,7-21H,1,6,22H2,2-4H3. The van der Waals surface area contributed by atoms with E-state index in [0.717, 1.165) is 16.8 Å². The second kappa shape index (κ2) is 9.70. The lowest BCUT2D eigenvalue weighted by Crippen LogP contribution is -2.49. The van der Waals surface area contributed by atoms with Gasteiger partial charge in [0.25, 0.3) is 0 Å². The molecule has 2 heteroatoms. The molecular weight excluding hydrogens is 378 g/mol. The van der Waals surface area contributed by atoms with Crippen molar-refractivity contribution in [1.29, 1.82) is 0 Å². The van der Waals surface area contributed by atoms with Crippen molar-refractivity contribution in [2.75, 3.05) is 0 Å². The zero-order valence-electron chi connectivity index (χ0n) is 18.7. The van der Waals surface area contributed by atoms with Crippen LogP contribution in [0, 0.1) is 5.41 Å². The van der Waals surface area contributed by atoms with Crippen molar-refractivity contribution < 1.29 is 4.79 Å². The quantitative estimate of drug-likeness (QED) is 0.220. The third-order valence-electron chi connectivity index (χ3n) is 5.76. The van der Waals surface area contributed by atoms with E-state index in [1.807, 2.05) is 72.8 Å². The number of carbonyl (C=O) groups is 1. The number of benzene rings is 3. The Bertz CT molecular complexity index is 989. The van der Waals surface area contributed by atoms with Gasteiger partial charge in [0.2, 0.25) is 0 Å². The summed E-state index contributed by atoms with van der Waals surface area (Å²) in [6.07, 6.45) is 3.17. The van der Waals surface area contributed by atoms with Crippen LogP contribution in [0.25, 0.3) is 0 Å². The van der Waals surface area contributed by atoms with E-state index in [1.54, 1.807) is 0 Å². The fourth-order valence-corrected chi connectivity index (χ4v) is 3.92. The van der Waals surface area contributed by atoms with Crippen molar-refractivity contribution in [2.24, 2.45) is 10.4 Å². The molecule has 2 nitrogen and oxygen atoms in total. The number of allylic oxidation sites excluding steroid dienone is 1. The van der Waals surface area contributed by atoms with Crippen molar-refractivity contribution in [1.82, 2.24) is 0 Å². The van der Waals surface area contributed by atoms with Crippen LogP contribution >= 0.6 is 0 Å². The number of hydrogen-bond acceptors (Lipinski definition) is 2. The molecule has 0 radical (unpaired) electrons. The van der Waals surface area contributed by atoms with Crippen LogP contribution in [-0.4, -0.2) is 17.0 Å². The zero-order valence-corrected chi connectivity index (χ0v) is 18.7. The number of aliphatic imine (C=N–C) groups is 1. The Labute approximate surface area is 186 Å². The third-order valence-corrected chi connectivity index (χ3v) is 5.76. The van der Waals surface area contributed by atoms with Gasteiger partial charge in [0.1, 0.15) is 5.54 Å². The maximum absolute atomic E-state index is 14.1. The van der Waals surface area contributed by atoms with Crippen LogP contribution in [0.5, 0.6) is 0 Å². The maximum Gasteiger partial charge on any atom is 0.190 e. The molecule has 0 amide bonds. The second-order valence-electron chi connectivity index (χ2n) is 8.83. The molecular formula is C29H31NO. The van der Waals surface area contributed by atoms with Crippen LogP contribution in [0.2, 0.25) is 0 Å². The minimum absolute atomic E-state index is 0.0480. The van der Waals surface area contributed by atoms with Gasteiger partial charge in [0.05, 0.1) is 5.71 Å². The summed E-state index contributed by atoms with van der Waals surface area (Å²) in [6, 6.07) is 29.8. The molecule has 0 aromatic heterocycles. The Morgan fingerprint density at radius 2 is 1.19 bits per heavy atom. The van der Waals surface area contributed by atoms with Crippen LogP contribution in [0.3, 0.4) is 0 Å². The average molecular weight is 410 g/mol. The molecule has 0 aliphatic heterocycles. The zero-order chi connectivity index (χ0) is 22.3. The molecule has 158 valence electrons. The van der Waals surface area contributed by atoms with Crippen molar-refractivity contribution in [3.63, 3.8) is 0 Å². The van der Waals surface area contributed by atoms with Gasteiger partial charge in [-0.2, -0.15) is 0 Å². The topological polar surface area (TPSA) is 29.4 Å². The fraction of sp³-hybridized carbons (Fsp3) is 0.241. The molecule has 1 atom stereocenters. The van der Waals surface area contributed by atoms with Gasteiger partial charge in [0.15, 0.2) is 5.78 Å². The van der Waals surface area contributed by atoms with E-state index in [4.69, 9.17) is 4.99 Å². The first kappa shape index (κ1) is 22.4. The minimum Gasteiger partial charge on any atom is -0.291 e. The molecule has 0 aliphatic carbocycles. The van der Waals surface area contributed by atoms with E-state index >= 15 is 0 Å². The molecule has 0 heterocycles. The van der Waals surface area contributed by atoms with Crippen LogP contribution in [-0.2, 0) is 0 Å². The van der Waals surface area contributed by atoms with E-state index in [0.29, 0.717) is 18.4 Å². The lowest BCUT2D eigenvalue weighted by Gasteiger charge is -2.41. The van der Waals surface area contributed by atoms with Crippen molar-refractivity contribution >= 4 is 11.5 Å². The van der Waals surface area contributed by atoms with Gasteiger partial charge in [-0.3, -0.25) is 9.79 Å². The maximum atomic E-state index is 14.1. The van der Waals surface area contributed by atoms with Gasteiger partial charge in [-0.1, -0.05) is 118 Å². The molecule has 0 aliphatic rings. The highest BCUT2D eigenvalue weighted by molar-refractivity contribution is 6.15. The molecule has 0 fully saturated rings. The predicted molar refractivity (Wildman–Crippen MR) is 131 cm³/mol. The van der Waals surface area contributed by atoms with Crippen molar-refractivity contribution in [2.45, 2.75) is 39.2 Å². The van der Waals surface area contributed by atoms with Gasteiger partial charge in [-0.05, 0) is 18.3 Å². The summed E-state index contributed by atoms with van der Waals surface area (Å²) < 4.78 is 0. The van der Waals surface area contributed by atoms with Gasteiger partial charge >= 0.3 is 0 Å². The number of nitrogens with zero attached hydrogens (tertiary/aromatic N) is 1. The molecule has 3 aromatic rings. The normalized spacial score (nSPS) is 13.1. The Kier molecular flexibility index (Phi) is 7.02. The molecule has 31 heavy (non-hydrogen) atoms. The summed E-state index contributed by atoms with van der Waals surface area (Å²) in [5.74, 6) is 0.0480. The summed E-state index contributed by atoms with van der Waals surface area (Å²) >= 11 is 0.